The molecule has 0 aromatic rings. The molecular formula is C18H36NO. The lowest BCUT2D eigenvalue weighted by molar-refractivity contribution is 0.0325. The maximum absolute atomic E-state index is 5.95. The van der Waals surface area contributed by atoms with Crippen LogP contribution in [0.25, 0.3) is 0 Å². The number of unbranched alkanes of at least 4 members (excludes halogenated alkanes) is 5. The van der Waals surface area contributed by atoms with Gasteiger partial charge in [0.05, 0.1) is 6.10 Å². The van der Waals surface area contributed by atoms with Gasteiger partial charge in [0.1, 0.15) is 0 Å². The van der Waals surface area contributed by atoms with Crippen molar-refractivity contribution in [2.75, 3.05) is 26.7 Å². The number of rotatable bonds is 12. The van der Waals surface area contributed by atoms with Crippen LogP contribution in [0.5, 0.6) is 0 Å². The maximum atomic E-state index is 5.95. The summed E-state index contributed by atoms with van der Waals surface area (Å²) >= 11 is 0. The second kappa shape index (κ2) is 12.6. The van der Waals surface area contributed by atoms with Gasteiger partial charge in [0, 0.05) is 6.61 Å². The summed E-state index contributed by atoms with van der Waals surface area (Å²) in [5.74, 6) is 0. The molecule has 20 heavy (non-hydrogen) atoms. The van der Waals surface area contributed by atoms with Crippen LogP contribution in [0.4, 0.5) is 0 Å². The van der Waals surface area contributed by atoms with E-state index in [2.05, 4.69) is 25.3 Å². The summed E-state index contributed by atoms with van der Waals surface area (Å²) in [6, 6.07) is 0. The van der Waals surface area contributed by atoms with Crippen LogP contribution in [-0.2, 0) is 4.74 Å². The average Bonchev–Trinajstić information content (AvgIpc) is 2.47. The largest absolute Gasteiger partial charge is 0.378 e. The van der Waals surface area contributed by atoms with Crippen LogP contribution in [-0.4, -0.2) is 37.7 Å². The van der Waals surface area contributed by atoms with E-state index in [1.165, 1.54) is 83.7 Å². The highest BCUT2D eigenvalue weighted by atomic mass is 16.5. The van der Waals surface area contributed by atoms with Gasteiger partial charge in [-0.25, -0.2) is 0 Å². The molecule has 119 valence electrons. The van der Waals surface area contributed by atoms with Crippen molar-refractivity contribution in [2.45, 2.75) is 83.7 Å². The molecule has 0 aromatic carbocycles. The zero-order valence-electron chi connectivity index (χ0n) is 13.9. The summed E-state index contributed by atoms with van der Waals surface area (Å²) < 4.78 is 5.95. The van der Waals surface area contributed by atoms with E-state index in [0.29, 0.717) is 6.10 Å². The summed E-state index contributed by atoms with van der Waals surface area (Å²) in [7, 11) is 2.26. The Hall–Kier alpha value is -0.0800. The van der Waals surface area contributed by atoms with Crippen molar-refractivity contribution in [3.8, 4) is 0 Å². The Morgan fingerprint density at radius 3 is 2.30 bits per heavy atom. The molecule has 0 amide bonds. The first-order valence-electron chi connectivity index (χ1n) is 8.94. The fourth-order valence-electron chi connectivity index (χ4n) is 2.89. The fourth-order valence-corrected chi connectivity index (χ4v) is 2.89. The summed E-state index contributed by atoms with van der Waals surface area (Å²) in [4.78, 5) is 2.49. The van der Waals surface area contributed by atoms with Gasteiger partial charge in [0.25, 0.3) is 0 Å². The molecule has 1 fully saturated rings. The van der Waals surface area contributed by atoms with Gasteiger partial charge in [-0.1, -0.05) is 32.6 Å². The van der Waals surface area contributed by atoms with Crippen molar-refractivity contribution in [3.05, 3.63) is 6.42 Å². The molecule has 0 saturated heterocycles. The molecule has 1 saturated carbocycles. The Bertz CT molecular complexity index is 202. The summed E-state index contributed by atoms with van der Waals surface area (Å²) in [6.07, 6.45) is 17.3. The zero-order chi connectivity index (χ0) is 14.5. The van der Waals surface area contributed by atoms with Gasteiger partial charge >= 0.3 is 0 Å². The summed E-state index contributed by atoms with van der Waals surface area (Å²) in [5.41, 5.74) is 0. The van der Waals surface area contributed by atoms with Crippen LogP contribution in [0.2, 0.25) is 0 Å². The van der Waals surface area contributed by atoms with E-state index in [1.54, 1.807) is 0 Å². The molecule has 0 aliphatic heterocycles. The zero-order valence-corrected chi connectivity index (χ0v) is 13.9. The molecule has 0 unspecified atom stereocenters. The fraction of sp³-hybridized carbons (Fsp3) is 0.944. The van der Waals surface area contributed by atoms with Crippen LogP contribution in [0.1, 0.15) is 77.6 Å². The number of ether oxygens (including phenoxy) is 1. The molecule has 1 aliphatic carbocycles. The predicted molar refractivity (Wildman–Crippen MR) is 88.0 cm³/mol. The van der Waals surface area contributed by atoms with Crippen LogP contribution in [0.15, 0.2) is 0 Å². The minimum absolute atomic E-state index is 0.560. The molecule has 0 bridgehead atoms. The predicted octanol–water partition coefficient (Wildman–Crippen LogP) is 4.83. The minimum atomic E-state index is 0.560. The first-order valence-corrected chi connectivity index (χ1v) is 8.94. The first-order chi connectivity index (χ1) is 9.83. The number of hydrogen-bond donors (Lipinski definition) is 0. The van der Waals surface area contributed by atoms with E-state index < -0.39 is 0 Å². The average molecular weight is 282 g/mol. The molecule has 1 radical (unpaired) electrons. The molecule has 2 heteroatoms. The van der Waals surface area contributed by atoms with E-state index in [1.807, 2.05) is 0 Å². The Morgan fingerprint density at radius 1 is 0.950 bits per heavy atom. The number of nitrogens with zero attached hydrogens (tertiary/aromatic N) is 1. The van der Waals surface area contributed by atoms with Crippen molar-refractivity contribution in [1.82, 2.24) is 4.90 Å². The summed E-state index contributed by atoms with van der Waals surface area (Å²) in [5, 5.41) is 0. The number of hydrogen-bond acceptors (Lipinski definition) is 2. The molecule has 0 heterocycles. The van der Waals surface area contributed by atoms with Crippen LogP contribution >= 0.6 is 0 Å². The lowest BCUT2D eigenvalue weighted by Gasteiger charge is -2.21. The van der Waals surface area contributed by atoms with Gasteiger partial charge in [-0.2, -0.15) is 0 Å². The van der Waals surface area contributed by atoms with Crippen molar-refractivity contribution in [1.29, 1.82) is 0 Å². The SMILES string of the molecule is CCCCCN(C)CCCCCCOC1CC[CH]CC1. The van der Waals surface area contributed by atoms with Gasteiger partial charge in [-0.05, 0) is 71.5 Å². The van der Waals surface area contributed by atoms with E-state index in [9.17, 15) is 0 Å². The van der Waals surface area contributed by atoms with Gasteiger partial charge in [-0.3, -0.25) is 0 Å². The van der Waals surface area contributed by atoms with E-state index >= 15 is 0 Å². The van der Waals surface area contributed by atoms with Crippen LogP contribution in [0, 0.1) is 6.42 Å². The van der Waals surface area contributed by atoms with E-state index in [0.717, 1.165) is 6.61 Å². The standard InChI is InChI=1S/C18H36NO/c1-3-4-10-15-19(2)16-11-5-6-12-17-20-18-13-8-7-9-14-18/h7,18H,3-6,8-17H2,1-2H3. The molecule has 0 N–H and O–H groups in total. The van der Waals surface area contributed by atoms with Crippen LogP contribution in [0.3, 0.4) is 0 Å². The van der Waals surface area contributed by atoms with Gasteiger partial charge in [-0.15, -0.1) is 0 Å². The van der Waals surface area contributed by atoms with Crippen molar-refractivity contribution in [2.24, 2.45) is 0 Å². The van der Waals surface area contributed by atoms with Crippen LogP contribution < -0.4 is 0 Å². The third-order valence-corrected chi connectivity index (χ3v) is 4.32. The van der Waals surface area contributed by atoms with Gasteiger partial charge in [0.2, 0.25) is 0 Å². The van der Waals surface area contributed by atoms with Crippen molar-refractivity contribution >= 4 is 0 Å². The summed E-state index contributed by atoms with van der Waals surface area (Å²) in [6.45, 7) is 5.79. The lowest BCUT2D eigenvalue weighted by Crippen LogP contribution is -2.20. The highest BCUT2D eigenvalue weighted by molar-refractivity contribution is 4.76. The Labute approximate surface area is 127 Å². The highest BCUT2D eigenvalue weighted by Gasteiger charge is 2.12. The molecule has 0 atom stereocenters. The Balaban J connectivity index is 1.79. The van der Waals surface area contributed by atoms with E-state index in [4.69, 9.17) is 4.74 Å². The third kappa shape index (κ3) is 9.77. The van der Waals surface area contributed by atoms with Crippen molar-refractivity contribution in [3.63, 3.8) is 0 Å². The van der Waals surface area contributed by atoms with Crippen molar-refractivity contribution < 1.29 is 4.74 Å². The Kier molecular flexibility index (Phi) is 11.4. The third-order valence-electron chi connectivity index (χ3n) is 4.32. The second-order valence-electron chi connectivity index (χ2n) is 6.36. The maximum Gasteiger partial charge on any atom is 0.0575 e. The van der Waals surface area contributed by atoms with Gasteiger partial charge < -0.3 is 9.64 Å². The Morgan fingerprint density at radius 2 is 1.60 bits per heavy atom. The van der Waals surface area contributed by atoms with E-state index in [-0.39, 0.29) is 0 Å². The molecule has 1 rings (SSSR count). The molecule has 0 aromatic heterocycles. The molecule has 1 aliphatic rings. The monoisotopic (exact) mass is 282 g/mol. The minimum Gasteiger partial charge on any atom is -0.378 e. The molecular weight excluding hydrogens is 246 g/mol. The van der Waals surface area contributed by atoms with Gasteiger partial charge in [0.15, 0.2) is 0 Å². The first kappa shape index (κ1) is 18.0. The normalized spacial score (nSPS) is 16.9. The lowest BCUT2D eigenvalue weighted by atomic mass is 9.98. The quantitative estimate of drug-likeness (QED) is 0.475. The highest BCUT2D eigenvalue weighted by Crippen LogP contribution is 2.19. The molecule has 0 spiro atoms. The topological polar surface area (TPSA) is 12.5 Å². The smallest absolute Gasteiger partial charge is 0.0575 e. The second-order valence-corrected chi connectivity index (χ2v) is 6.36. The molecule has 2 nitrogen and oxygen atoms in total.